The molecule has 0 unspecified atom stereocenters. The SMILES string of the molecule is CC1(CNc2ccc([N+](=O)[O-])cc2F)CCNCC1. The van der Waals surface area contributed by atoms with Crippen LogP contribution >= 0.6 is 0 Å². The summed E-state index contributed by atoms with van der Waals surface area (Å²) in [5.41, 5.74) is 0.237. The zero-order chi connectivity index (χ0) is 13.9. The zero-order valence-corrected chi connectivity index (χ0v) is 10.9. The molecule has 19 heavy (non-hydrogen) atoms. The Balaban J connectivity index is 2.01. The van der Waals surface area contributed by atoms with Crippen LogP contribution in [0.4, 0.5) is 15.8 Å². The van der Waals surface area contributed by atoms with E-state index in [0.29, 0.717) is 12.2 Å². The molecule has 104 valence electrons. The number of rotatable bonds is 4. The molecule has 1 fully saturated rings. The van der Waals surface area contributed by atoms with Gasteiger partial charge in [0.15, 0.2) is 5.82 Å². The Labute approximate surface area is 111 Å². The Bertz CT molecular complexity index is 473. The van der Waals surface area contributed by atoms with Crippen molar-refractivity contribution in [3.8, 4) is 0 Å². The number of anilines is 1. The molecule has 1 aliphatic heterocycles. The molecule has 0 amide bonds. The van der Waals surface area contributed by atoms with E-state index < -0.39 is 10.7 Å². The van der Waals surface area contributed by atoms with Crippen LogP contribution in [0.5, 0.6) is 0 Å². The Morgan fingerprint density at radius 2 is 2.16 bits per heavy atom. The van der Waals surface area contributed by atoms with Crippen molar-refractivity contribution in [3.63, 3.8) is 0 Å². The lowest BCUT2D eigenvalue weighted by molar-refractivity contribution is -0.385. The summed E-state index contributed by atoms with van der Waals surface area (Å²) in [4.78, 5) is 9.94. The number of piperidine rings is 1. The highest BCUT2D eigenvalue weighted by atomic mass is 19.1. The van der Waals surface area contributed by atoms with E-state index in [2.05, 4.69) is 17.6 Å². The summed E-state index contributed by atoms with van der Waals surface area (Å²) in [6.07, 6.45) is 2.07. The summed E-state index contributed by atoms with van der Waals surface area (Å²) < 4.78 is 13.7. The fourth-order valence-corrected chi connectivity index (χ4v) is 2.28. The third kappa shape index (κ3) is 3.41. The van der Waals surface area contributed by atoms with Crippen molar-refractivity contribution in [2.45, 2.75) is 19.8 Å². The van der Waals surface area contributed by atoms with Crippen LogP contribution < -0.4 is 10.6 Å². The first-order valence-corrected chi connectivity index (χ1v) is 6.39. The molecule has 0 radical (unpaired) electrons. The van der Waals surface area contributed by atoms with Gasteiger partial charge in [-0.05, 0) is 37.4 Å². The molecular weight excluding hydrogens is 249 g/mol. The van der Waals surface area contributed by atoms with E-state index in [1.807, 2.05) is 0 Å². The summed E-state index contributed by atoms with van der Waals surface area (Å²) in [5, 5.41) is 16.9. The van der Waals surface area contributed by atoms with Crippen molar-refractivity contribution < 1.29 is 9.31 Å². The van der Waals surface area contributed by atoms with Crippen molar-refractivity contribution in [2.75, 3.05) is 25.0 Å². The molecule has 0 aliphatic carbocycles. The average Bonchev–Trinajstić information content (AvgIpc) is 2.38. The standard InChI is InChI=1S/C13H18FN3O2/c1-13(4-6-15-7-5-13)9-16-12-3-2-10(17(18)19)8-11(12)14/h2-3,8,15-16H,4-7,9H2,1H3. The number of halogens is 1. The minimum Gasteiger partial charge on any atom is -0.382 e. The molecule has 0 aromatic heterocycles. The molecule has 1 heterocycles. The maximum absolute atomic E-state index is 13.7. The lowest BCUT2D eigenvalue weighted by Gasteiger charge is -2.34. The molecule has 0 saturated carbocycles. The molecule has 2 rings (SSSR count). The van der Waals surface area contributed by atoms with Crippen molar-refractivity contribution in [1.82, 2.24) is 5.32 Å². The lowest BCUT2D eigenvalue weighted by atomic mass is 9.81. The number of nitro benzene ring substituents is 1. The fraction of sp³-hybridized carbons (Fsp3) is 0.538. The number of hydrogen-bond acceptors (Lipinski definition) is 4. The van der Waals surface area contributed by atoms with Gasteiger partial charge in [0.2, 0.25) is 0 Å². The van der Waals surface area contributed by atoms with Gasteiger partial charge in [-0.15, -0.1) is 0 Å². The monoisotopic (exact) mass is 267 g/mol. The molecule has 0 spiro atoms. The number of benzene rings is 1. The lowest BCUT2D eigenvalue weighted by Crippen LogP contribution is -2.39. The quantitative estimate of drug-likeness (QED) is 0.650. The van der Waals surface area contributed by atoms with E-state index in [9.17, 15) is 14.5 Å². The predicted molar refractivity (Wildman–Crippen MR) is 71.8 cm³/mol. The maximum atomic E-state index is 13.7. The van der Waals surface area contributed by atoms with Crippen LogP contribution in [0.1, 0.15) is 19.8 Å². The van der Waals surface area contributed by atoms with Gasteiger partial charge in [-0.25, -0.2) is 4.39 Å². The van der Waals surface area contributed by atoms with Crippen LogP contribution in [0.2, 0.25) is 0 Å². The van der Waals surface area contributed by atoms with Gasteiger partial charge in [0.25, 0.3) is 5.69 Å². The molecule has 2 N–H and O–H groups in total. The second kappa shape index (κ2) is 5.52. The Morgan fingerprint density at radius 3 is 2.74 bits per heavy atom. The summed E-state index contributed by atoms with van der Waals surface area (Å²) in [7, 11) is 0. The molecule has 0 atom stereocenters. The highest BCUT2D eigenvalue weighted by molar-refractivity contribution is 5.50. The van der Waals surface area contributed by atoms with Crippen LogP contribution in [-0.4, -0.2) is 24.6 Å². The van der Waals surface area contributed by atoms with E-state index in [-0.39, 0.29) is 11.1 Å². The van der Waals surface area contributed by atoms with Gasteiger partial charge in [0, 0.05) is 12.6 Å². The second-order valence-electron chi connectivity index (χ2n) is 5.34. The van der Waals surface area contributed by atoms with Gasteiger partial charge in [0.05, 0.1) is 16.7 Å². The molecule has 1 saturated heterocycles. The summed E-state index contributed by atoms with van der Waals surface area (Å²) in [6, 6.07) is 3.70. The van der Waals surface area contributed by atoms with E-state index >= 15 is 0 Å². The number of nitrogens with zero attached hydrogens (tertiary/aromatic N) is 1. The number of hydrogen-bond donors (Lipinski definition) is 2. The summed E-state index contributed by atoms with van der Waals surface area (Å²) >= 11 is 0. The first-order valence-electron chi connectivity index (χ1n) is 6.39. The average molecular weight is 267 g/mol. The first kappa shape index (κ1) is 13.7. The number of nitro groups is 1. The Morgan fingerprint density at radius 1 is 1.47 bits per heavy atom. The Hall–Kier alpha value is -1.69. The summed E-state index contributed by atoms with van der Waals surface area (Å²) in [5.74, 6) is -0.577. The Kier molecular flexibility index (Phi) is 3.99. The normalized spacial score (nSPS) is 18.0. The van der Waals surface area contributed by atoms with Crippen LogP contribution in [-0.2, 0) is 0 Å². The molecule has 6 heteroatoms. The van der Waals surface area contributed by atoms with Gasteiger partial charge in [-0.3, -0.25) is 10.1 Å². The van der Waals surface area contributed by atoms with Crippen molar-refractivity contribution >= 4 is 11.4 Å². The van der Waals surface area contributed by atoms with Crippen molar-refractivity contribution in [3.05, 3.63) is 34.1 Å². The third-order valence-electron chi connectivity index (χ3n) is 3.68. The van der Waals surface area contributed by atoms with E-state index in [0.717, 1.165) is 32.0 Å². The summed E-state index contributed by atoms with van der Waals surface area (Å²) in [6.45, 7) is 4.79. The van der Waals surface area contributed by atoms with Crippen LogP contribution in [0, 0.1) is 21.3 Å². The van der Waals surface area contributed by atoms with E-state index in [4.69, 9.17) is 0 Å². The third-order valence-corrected chi connectivity index (χ3v) is 3.68. The van der Waals surface area contributed by atoms with E-state index in [1.54, 1.807) is 0 Å². The smallest absolute Gasteiger partial charge is 0.272 e. The highest BCUT2D eigenvalue weighted by Gasteiger charge is 2.26. The molecular formula is C13H18FN3O2. The van der Waals surface area contributed by atoms with Gasteiger partial charge >= 0.3 is 0 Å². The number of non-ortho nitro benzene ring substituents is 1. The molecule has 0 bridgehead atoms. The molecule has 5 nitrogen and oxygen atoms in total. The first-order chi connectivity index (χ1) is 9.00. The van der Waals surface area contributed by atoms with Crippen molar-refractivity contribution in [2.24, 2.45) is 5.41 Å². The minimum absolute atomic E-state index is 0.138. The van der Waals surface area contributed by atoms with Gasteiger partial charge in [-0.2, -0.15) is 0 Å². The highest BCUT2D eigenvalue weighted by Crippen LogP contribution is 2.29. The van der Waals surface area contributed by atoms with Crippen LogP contribution in [0.15, 0.2) is 18.2 Å². The maximum Gasteiger partial charge on any atom is 0.272 e. The topological polar surface area (TPSA) is 67.2 Å². The molecule has 1 aromatic carbocycles. The van der Waals surface area contributed by atoms with Crippen molar-refractivity contribution in [1.29, 1.82) is 0 Å². The van der Waals surface area contributed by atoms with Gasteiger partial charge < -0.3 is 10.6 Å². The second-order valence-corrected chi connectivity index (χ2v) is 5.34. The molecule has 1 aromatic rings. The van der Waals surface area contributed by atoms with E-state index in [1.165, 1.54) is 12.1 Å². The van der Waals surface area contributed by atoms with Crippen LogP contribution in [0.25, 0.3) is 0 Å². The minimum atomic E-state index is -0.596. The molecule has 1 aliphatic rings. The van der Waals surface area contributed by atoms with Gasteiger partial charge in [0.1, 0.15) is 0 Å². The zero-order valence-electron chi connectivity index (χ0n) is 10.9. The largest absolute Gasteiger partial charge is 0.382 e. The fourth-order valence-electron chi connectivity index (χ4n) is 2.28. The number of nitrogens with one attached hydrogen (secondary N) is 2. The van der Waals surface area contributed by atoms with Gasteiger partial charge in [-0.1, -0.05) is 6.92 Å². The predicted octanol–water partition coefficient (Wildman–Crippen LogP) is 2.54. The van der Waals surface area contributed by atoms with Crippen LogP contribution in [0.3, 0.4) is 0 Å².